The highest BCUT2D eigenvalue weighted by Crippen LogP contribution is 2.33. The first-order valence-corrected chi connectivity index (χ1v) is 10.9. The van der Waals surface area contributed by atoms with Crippen LogP contribution in [-0.2, 0) is 11.3 Å². The Hall–Kier alpha value is -4.46. The maximum atomic E-state index is 13.4. The summed E-state index contributed by atoms with van der Waals surface area (Å²) >= 11 is 0. The molecule has 0 bridgehead atoms. The van der Waals surface area contributed by atoms with Gasteiger partial charge in [0.2, 0.25) is 5.58 Å². The summed E-state index contributed by atoms with van der Waals surface area (Å²) in [5.74, 6) is 0.292. The maximum Gasteiger partial charge on any atom is 0.297 e. The molecule has 0 aliphatic carbocycles. The minimum absolute atomic E-state index is 0.129. The molecule has 0 saturated heterocycles. The molecule has 0 radical (unpaired) electrons. The summed E-state index contributed by atoms with van der Waals surface area (Å²) in [7, 11) is 0. The van der Waals surface area contributed by atoms with Crippen LogP contribution in [0.15, 0.2) is 92.0 Å². The first-order valence-electron chi connectivity index (χ1n) is 10.9. The first-order chi connectivity index (χ1) is 16.6. The van der Waals surface area contributed by atoms with Gasteiger partial charge in [-0.05, 0) is 36.8 Å². The second-order valence-electron chi connectivity index (χ2n) is 8.34. The highest BCUT2D eigenvalue weighted by atomic mass is 16.3. The van der Waals surface area contributed by atoms with Crippen LogP contribution in [0.2, 0.25) is 0 Å². The maximum absolute atomic E-state index is 13.4. The average Bonchev–Trinajstić information content (AvgIpc) is 3.60. The molecule has 0 fully saturated rings. The number of aryl methyl sites for hydroxylation is 1. The van der Waals surface area contributed by atoms with Crippen LogP contribution < -0.4 is 5.56 Å². The van der Waals surface area contributed by atoms with Crippen LogP contribution in [0.5, 0.6) is 0 Å². The zero-order valence-corrected chi connectivity index (χ0v) is 18.3. The van der Waals surface area contributed by atoms with Gasteiger partial charge in [0.25, 0.3) is 11.5 Å². The molecule has 1 unspecified atom stereocenters. The van der Waals surface area contributed by atoms with E-state index in [0.717, 1.165) is 22.2 Å². The number of carbonyl (C=O) groups excluding carboxylic acids is 1. The van der Waals surface area contributed by atoms with Crippen molar-refractivity contribution in [1.82, 2.24) is 14.6 Å². The molecule has 6 rings (SSSR count). The van der Waals surface area contributed by atoms with Crippen molar-refractivity contribution >= 4 is 33.7 Å². The van der Waals surface area contributed by atoms with Crippen molar-refractivity contribution in [1.29, 1.82) is 0 Å². The van der Waals surface area contributed by atoms with Crippen LogP contribution in [0.25, 0.3) is 22.1 Å². The van der Waals surface area contributed by atoms with E-state index in [0.29, 0.717) is 23.3 Å². The molecular weight excluding hydrogens is 432 g/mol. The molecule has 2 aromatic carbocycles. The summed E-state index contributed by atoms with van der Waals surface area (Å²) in [5, 5.41) is 6.80. The standard InChI is InChI=1S/C26H20N4O4/c1-16-8-10-17(11-9-16)19-13-20(22-7-4-12-33-22)30(28-19)23(31)14-29-15-27-24-18-5-2-3-6-21(18)34-25(24)26(29)32/h2-12,15,20H,13-14H2,1H3. The quantitative estimate of drug-likeness (QED) is 0.402. The number of carbonyl (C=O) groups is 1. The van der Waals surface area contributed by atoms with Gasteiger partial charge in [-0.25, -0.2) is 9.99 Å². The van der Waals surface area contributed by atoms with E-state index < -0.39 is 11.6 Å². The molecule has 34 heavy (non-hydrogen) atoms. The molecule has 5 aromatic rings. The van der Waals surface area contributed by atoms with Gasteiger partial charge in [-0.3, -0.25) is 14.2 Å². The number of amides is 1. The third-order valence-electron chi connectivity index (χ3n) is 6.08. The number of hydrazone groups is 1. The molecule has 0 N–H and O–H groups in total. The van der Waals surface area contributed by atoms with Crippen LogP contribution in [0.1, 0.15) is 29.3 Å². The number of benzene rings is 2. The highest BCUT2D eigenvalue weighted by molar-refractivity contribution is 6.03. The third kappa shape index (κ3) is 3.31. The van der Waals surface area contributed by atoms with E-state index in [9.17, 15) is 9.59 Å². The predicted molar refractivity (Wildman–Crippen MR) is 126 cm³/mol. The number of fused-ring (bicyclic) bond motifs is 3. The Balaban J connectivity index is 1.35. The van der Waals surface area contributed by atoms with Gasteiger partial charge in [0.05, 0.1) is 18.3 Å². The fraction of sp³-hybridized carbons (Fsp3) is 0.154. The number of nitrogens with zero attached hydrogens (tertiary/aromatic N) is 4. The van der Waals surface area contributed by atoms with Gasteiger partial charge >= 0.3 is 0 Å². The summed E-state index contributed by atoms with van der Waals surface area (Å²) in [6.45, 7) is 1.80. The van der Waals surface area contributed by atoms with E-state index in [2.05, 4.69) is 10.1 Å². The van der Waals surface area contributed by atoms with Crippen LogP contribution >= 0.6 is 0 Å². The summed E-state index contributed by atoms with van der Waals surface area (Å²) in [6, 6.07) is 18.6. The lowest BCUT2D eigenvalue weighted by molar-refractivity contribution is -0.134. The molecule has 1 aliphatic rings. The van der Waals surface area contributed by atoms with Gasteiger partial charge in [0.1, 0.15) is 29.4 Å². The van der Waals surface area contributed by atoms with Crippen molar-refractivity contribution in [3.05, 3.63) is 100 Å². The van der Waals surface area contributed by atoms with Crippen molar-refractivity contribution < 1.29 is 13.6 Å². The number of aromatic nitrogens is 2. The summed E-state index contributed by atoms with van der Waals surface area (Å²) in [5.41, 5.74) is 3.66. The van der Waals surface area contributed by atoms with Crippen LogP contribution in [0.3, 0.4) is 0 Å². The molecule has 0 spiro atoms. The fourth-order valence-electron chi connectivity index (χ4n) is 4.31. The third-order valence-corrected chi connectivity index (χ3v) is 6.08. The van der Waals surface area contributed by atoms with Gasteiger partial charge in [-0.1, -0.05) is 42.0 Å². The normalized spacial score (nSPS) is 15.9. The minimum atomic E-state index is -0.411. The van der Waals surface area contributed by atoms with E-state index in [4.69, 9.17) is 8.83 Å². The minimum Gasteiger partial charge on any atom is -0.467 e. The van der Waals surface area contributed by atoms with Gasteiger partial charge in [0, 0.05) is 11.8 Å². The van der Waals surface area contributed by atoms with Crippen molar-refractivity contribution in [2.24, 2.45) is 5.10 Å². The van der Waals surface area contributed by atoms with Gasteiger partial charge in [0.15, 0.2) is 0 Å². The lowest BCUT2D eigenvalue weighted by atomic mass is 10.0. The molecule has 3 aromatic heterocycles. The van der Waals surface area contributed by atoms with E-state index in [1.54, 1.807) is 18.4 Å². The molecule has 4 heterocycles. The molecule has 8 nitrogen and oxygen atoms in total. The predicted octanol–water partition coefficient (Wildman–Crippen LogP) is 4.42. The van der Waals surface area contributed by atoms with Gasteiger partial charge in [-0.2, -0.15) is 5.10 Å². The number of hydrogen-bond acceptors (Lipinski definition) is 6. The zero-order chi connectivity index (χ0) is 23.2. The average molecular weight is 452 g/mol. The Kier molecular flexibility index (Phi) is 4.65. The smallest absolute Gasteiger partial charge is 0.297 e. The van der Waals surface area contributed by atoms with Crippen LogP contribution in [0.4, 0.5) is 0 Å². The van der Waals surface area contributed by atoms with E-state index >= 15 is 0 Å². The van der Waals surface area contributed by atoms with Gasteiger partial charge < -0.3 is 8.83 Å². The molecule has 168 valence electrons. The monoisotopic (exact) mass is 452 g/mol. The van der Waals surface area contributed by atoms with Crippen molar-refractivity contribution in [3.63, 3.8) is 0 Å². The summed E-state index contributed by atoms with van der Waals surface area (Å²) < 4.78 is 12.6. The van der Waals surface area contributed by atoms with Crippen molar-refractivity contribution in [3.8, 4) is 0 Å². The molecule has 0 saturated carbocycles. The van der Waals surface area contributed by atoms with Crippen LogP contribution in [-0.4, -0.2) is 26.2 Å². The molecule has 1 atom stereocenters. The SMILES string of the molecule is Cc1ccc(C2=NN(C(=O)Cn3cnc4c(oc5ccccc54)c3=O)C(c3ccco3)C2)cc1. The number of hydrogen-bond donors (Lipinski definition) is 0. The number of para-hydroxylation sites is 1. The Morgan fingerprint density at radius 1 is 1.09 bits per heavy atom. The Morgan fingerprint density at radius 2 is 1.91 bits per heavy atom. The highest BCUT2D eigenvalue weighted by Gasteiger charge is 2.35. The van der Waals surface area contributed by atoms with Crippen LogP contribution in [0, 0.1) is 6.92 Å². The summed E-state index contributed by atoms with van der Waals surface area (Å²) in [6.07, 6.45) is 3.47. The second-order valence-corrected chi connectivity index (χ2v) is 8.34. The number of rotatable bonds is 4. The number of furan rings is 2. The second kappa shape index (κ2) is 7.84. The Labute approximate surface area is 193 Å². The molecular formula is C26H20N4O4. The van der Waals surface area contributed by atoms with Crippen molar-refractivity contribution in [2.45, 2.75) is 25.9 Å². The Morgan fingerprint density at radius 3 is 2.71 bits per heavy atom. The van der Waals surface area contributed by atoms with Crippen molar-refractivity contribution in [2.75, 3.05) is 0 Å². The van der Waals surface area contributed by atoms with E-state index in [-0.39, 0.29) is 18.0 Å². The zero-order valence-electron chi connectivity index (χ0n) is 18.3. The summed E-state index contributed by atoms with van der Waals surface area (Å²) in [4.78, 5) is 30.8. The van der Waals surface area contributed by atoms with E-state index in [1.165, 1.54) is 15.9 Å². The lowest BCUT2D eigenvalue weighted by Gasteiger charge is -2.20. The fourth-order valence-corrected chi connectivity index (χ4v) is 4.31. The molecule has 1 aliphatic heterocycles. The van der Waals surface area contributed by atoms with Gasteiger partial charge in [-0.15, -0.1) is 0 Å². The largest absolute Gasteiger partial charge is 0.467 e. The first kappa shape index (κ1) is 20.2. The van der Waals surface area contributed by atoms with E-state index in [1.807, 2.05) is 55.5 Å². The molecule has 1 amide bonds. The topological polar surface area (TPSA) is 93.8 Å². The molecule has 8 heteroatoms. The lowest BCUT2D eigenvalue weighted by Crippen LogP contribution is -2.33. The Bertz CT molecular complexity index is 1610.